The van der Waals surface area contributed by atoms with E-state index in [0.717, 1.165) is 15.7 Å². The Morgan fingerprint density at radius 2 is 2.14 bits per heavy atom. The molecule has 0 atom stereocenters. The first-order chi connectivity index (χ1) is 6.38. The summed E-state index contributed by atoms with van der Waals surface area (Å²) in [5, 5.41) is 0. The van der Waals surface area contributed by atoms with Crippen LogP contribution in [0.2, 0.25) is 0 Å². The van der Waals surface area contributed by atoms with E-state index >= 15 is 0 Å². The van der Waals surface area contributed by atoms with E-state index in [-0.39, 0.29) is 5.75 Å². The number of pyridine rings is 1. The molecule has 0 aromatic carbocycles. The Kier molecular flexibility index (Phi) is 3.66. The maximum absolute atomic E-state index is 11.0. The molecule has 0 radical (unpaired) electrons. The number of aryl methyl sites for hydroxylation is 2. The molecule has 0 aliphatic heterocycles. The summed E-state index contributed by atoms with van der Waals surface area (Å²) >= 11 is 3.30. The van der Waals surface area contributed by atoms with Gasteiger partial charge in [0.25, 0.3) is 0 Å². The molecular formula is C9H12BrNO2S. The van der Waals surface area contributed by atoms with Crippen molar-refractivity contribution in [2.75, 3.05) is 12.0 Å². The second kappa shape index (κ2) is 4.40. The van der Waals surface area contributed by atoms with Crippen LogP contribution in [0.1, 0.15) is 11.3 Å². The molecule has 78 valence electrons. The van der Waals surface area contributed by atoms with Crippen molar-refractivity contribution < 1.29 is 8.42 Å². The van der Waals surface area contributed by atoms with Crippen LogP contribution in [0, 0.1) is 6.92 Å². The molecule has 0 amide bonds. The second-order valence-corrected chi connectivity index (χ2v) is 6.45. The summed E-state index contributed by atoms with van der Waals surface area (Å²) < 4.78 is 22.8. The first kappa shape index (κ1) is 11.7. The quantitative estimate of drug-likeness (QED) is 0.846. The topological polar surface area (TPSA) is 47.0 Å². The van der Waals surface area contributed by atoms with Gasteiger partial charge in [0.2, 0.25) is 0 Å². The minimum Gasteiger partial charge on any atom is -0.260 e. The molecule has 1 rings (SSSR count). The zero-order valence-electron chi connectivity index (χ0n) is 8.12. The third-order valence-corrected chi connectivity index (χ3v) is 3.28. The lowest BCUT2D eigenvalue weighted by Gasteiger charge is -2.04. The first-order valence-corrected chi connectivity index (χ1v) is 7.02. The van der Waals surface area contributed by atoms with E-state index in [1.165, 1.54) is 6.26 Å². The number of aromatic nitrogens is 1. The molecule has 0 aliphatic carbocycles. The summed E-state index contributed by atoms with van der Waals surface area (Å²) in [4.78, 5) is 4.14. The molecule has 0 saturated carbocycles. The number of hydrogen-bond donors (Lipinski definition) is 0. The first-order valence-electron chi connectivity index (χ1n) is 4.17. The summed E-state index contributed by atoms with van der Waals surface area (Å²) in [6, 6.07) is 1.91. The minimum absolute atomic E-state index is 0.173. The van der Waals surface area contributed by atoms with Crippen molar-refractivity contribution in [3.63, 3.8) is 0 Å². The summed E-state index contributed by atoms with van der Waals surface area (Å²) in [5.74, 6) is 0.173. The van der Waals surface area contributed by atoms with Gasteiger partial charge in [-0.25, -0.2) is 8.42 Å². The molecule has 0 aliphatic rings. The fourth-order valence-electron chi connectivity index (χ4n) is 1.10. The van der Waals surface area contributed by atoms with E-state index in [2.05, 4.69) is 20.9 Å². The maximum Gasteiger partial charge on any atom is 0.147 e. The lowest BCUT2D eigenvalue weighted by Crippen LogP contribution is -2.07. The van der Waals surface area contributed by atoms with Gasteiger partial charge in [-0.3, -0.25) is 4.98 Å². The molecule has 0 spiro atoms. The van der Waals surface area contributed by atoms with E-state index in [4.69, 9.17) is 0 Å². The van der Waals surface area contributed by atoms with Gasteiger partial charge in [0.15, 0.2) is 0 Å². The van der Waals surface area contributed by atoms with Crippen molar-refractivity contribution in [2.45, 2.75) is 13.3 Å². The average molecular weight is 278 g/mol. The fourth-order valence-corrected chi connectivity index (χ4v) is 2.07. The zero-order chi connectivity index (χ0) is 10.8. The van der Waals surface area contributed by atoms with Gasteiger partial charge in [-0.2, -0.15) is 0 Å². The Morgan fingerprint density at radius 1 is 1.50 bits per heavy atom. The molecule has 1 aromatic heterocycles. The van der Waals surface area contributed by atoms with Crippen LogP contribution in [0.3, 0.4) is 0 Å². The van der Waals surface area contributed by atoms with Gasteiger partial charge in [-0.15, -0.1) is 0 Å². The van der Waals surface area contributed by atoms with Gasteiger partial charge in [0.05, 0.1) is 5.75 Å². The van der Waals surface area contributed by atoms with Crippen LogP contribution in [0.5, 0.6) is 0 Å². The van der Waals surface area contributed by atoms with Crippen LogP contribution < -0.4 is 0 Å². The number of halogens is 1. The molecule has 0 fully saturated rings. The summed E-state index contributed by atoms with van der Waals surface area (Å²) in [6.07, 6.45) is 3.48. The SMILES string of the molecule is Cc1ncc(Br)cc1CCS(C)(=O)=O. The smallest absolute Gasteiger partial charge is 0.147 e. The van der Waals surface area contributed by atoms with Crippen molar-refractivity contribution in [1.29, 1.82) is 0 Å². The van der Waals surface area contributed by atoms with Crippen molar-refractivity contribution in [3.05, 3.63) is 28.0 Å². The molecule has 1 heterocycles. The van der Waals surface area contributed by atoms with Crippen molar-refractivity contribution in [1.82, 2.24) is 4.98 Å². The van der Waals surface area contributed by atoms with E-state index in [0.29, 0.717) is 6.42 Å². The molecule has 1 aromatic rings. The molecule has 0 unspecified atom stereocenters. The largest absolute Gasteiger partial charge is 0.260 e. The van der Waals surface area contributed by atoms with Gasteiger partial charge in [-0.05, 0) is 40.9 Å². The highest BCUT2D eigenvalue weighted by atomic mass is 79.9. The Labute approximate surface area is 92.6 Å². The standard InChI is InChI=1S/C9H12BrNO2S/c1-7-8(3-4-14(2,12)13)5-9(10)6-11-7/h5-6H,3-4H2,1-2H3. The van der Waals surface area contributed by atoms with Gasteiger partial charge in [0.1, 0.15) is 9.84 Å². The number of nitrogens with zero attached hydrogens (tertiary/aromatic N) is 1. The molecule has 14 heavy (non-hydrogen) atoms. The number of rotatable bonds is 3. The van der Waals surface area contributed by atoms with Crippen LogP contribution in [0.25, 0.3) is 0 Å². The third-order valence-electron chi connectivity index (χ3n) is 1.90. The van der Waals surface area contributed by atoms with Crippen LogP contribution in [-0.4, -0.2) is 25.4 Å². The Hall–Kier alpha value is -0.420. The predicted octanol–water partition coefficient (Wildman–Crippen LogP) is 1.74. The van der Waals surface area contributed by atoms with Crippen molar-refractivity contribution in [2.24, 2.45) is 0 Å². The van der Waals surface area contributed by atoms with Crippen LogP contribution in [0.15, 0.2) is 16.7 Å². The maximum atomic E-state index is 11.0. The number of hydrogen-bond acceptors (Lipinski definition) is 3. The zero-order valence-corrected chi connectivity index (χ0v) is 10.5. The molecular weight excluding hydrogens is 266 g/mol. The van der Waals surface area contributed by atoms with Crippen LogP contribution in [0.4, 0.5) is 0 Å². The summed E-state index contributed by atoms with van der Waals surface area (Å²) in [5.41, 5.74) is 1.86. The van der Waals surface area contributed by atoms with E-state index in [1.54, 1.807) is 6.20 Å². The highest BCUT2D eigenvalue weighted by molar-refractivity contribution is 9.10. The highest BCUT2D eigenvalue weighted by Gasteiger charge is 2.06. The fraction of sp³-hybridized carbons (Fsp3) is 0.444. The monoisotopic (exact) mass is 277 g/mol. The van der Waals surface area contributed by atoms with E-state index in [1.807, 2.05) is 13.0 Å². The third kappa shape index (κ3) is 3.75. The highest BCUT2D eigenvalue weighted by Crippen LogP contribution is 2.14. The normalized spacial score (nSPS) is 11.6. The van der Waals surface area contributed by atoms with Gasteiger partial charge >= 0.3 is 0 Å². The minimum atomic E-state index is -2.90. The van der Waals surface area contributed by atoms with E-state index in [9.17, 15) is 8.42 Å². The molecule has 0 saturated heterocycles. The van der Waals surface area contributed by atoms with Gasteiger partial charge in [-0.1, -0.05) is 0 Å². The van der Waals surface area contributed by atoms with Gasteiger partial charge in [0, 0.05) is 22.6 Å². The van der Waals surface area contributed by atoms with Crippen molar-refractivity contribution in [3.8, 4) is 0 Å². The van der Waals surface area contributed by atoms with Crippen molar-refractivity contribution >= 4 is 25.8 Å². The second-order valence-electron chi connectivity index (χ2n) is 3.28. The molecule has 0 N–H and O–H groups in total. The number of sulfone groups is 1. The van der Waals surface area contributed by atoms with E-state index < -0.39 is 9.84 Å². The van der Waals surface area contributed by atoms with Crippen LogP contribution >= 0.6 is 15.9 Å². The molecule has 5 heteroatoms. The Bertz CT molecular complexity index is 428. The van der Waals surface area contributed by atoms with Crippen LogP contribution in [-0.2, 0) is 16.3 Å². The lowest BCUT2D eigenvalue weighted by molar-refractivity contribution is 0.601. The lowest BCUT2D eigenvalue weighted by atomic mass is 10.1. The summed E-state index contributed by atoms with van der Waals surface area (Å²) in [7, 11) is -2.90. The van der Waals surface area contributed by atoms with Gasteiger partial charge < -0.3 is 0 Å². The molecule has 0 bridgehead atoms. The molecule has 3 nitrogen and oxygen atoms in total. The Balaban J connectivity index is 2.81. The summed E-state index contributed by atoms with van der Waals surface area (Å²) in [6.45, 7) is 1.88. The average Bonchev–Trinajstić information content (AvgIpc) is 2.05. The predicted molar refractivity (Wildman–Crippen MR) is 60.1 cm³/mol. The Morgan fingerprint density at radius 3 is 2.71 bits per heavy atom.